The van der Waals surface area contributed by atoms with E-state index in [1.165, 1.54) is 0 Å². The highest BCUT2D eigenvalue weighted by molar-refractivity contribution is 5.98. The number of aryl methyl sites for hydroxylation is 1. The molecule has 1 heterocycles. The lowest BCUT2D eigenvalue weighted by Crippen LogP contribution is -2.22. The molecule has 0 spiro atoms. The summed E-state index contributed by atoms with van der Waals surface area (Å²) in [6, 6.07) is 7.65. The molecule has 0 aliphatic rings. The van der Waals surface area contributed by atoms with Crippen LogP contribution in [0, 0.1) is 6.92 Å². The second kappa shape index (κ2) is 4.97. The molecule has 0 saturated heterocycles. The first-order chi connectivity index (χ1) is 8.20. The predicted octanol–water partition coefficient (Wildman–Crippen LogP) is 2.70. The van der Waals surface area contributed by atoms with E-state index in [2.05, 4.69) is 11.9 Å². The molecule has 0 aliphatic carbocycles. The Kier molecular flexibility index (Phi) is 3.40. The van der Waals surface area contributed by atoms with Gasteiger partial charge in [-0.2, -0.15) is 0 Å². The van der Waals surface area contributed by atoms with Gasteiger partial charge in [-0.1, -0.05) is 17.7 Å². The Hall–Kier alpha value is -1.87. The van der Waals surface area contributed by atoms with Crippen LogP contribution in [0.5, 0.6) is 0 Å². The van der Waals surface area contributed by atoms with Crippen LogP contribution in [0.2, 0.25) is 0 Å². The zero-order chi connectivity index (χ0) is 12.3. The van der Waals surface area contributed by atoms with Crippen molar-refractivity contribution in [3.63, 3.8) is 0 Å². The number of ketones is 1. The highest BCUT2D eigenvalue weighted by Crippen LogP contribution is 2.20. The molecular formula is C14H15NO2. The summed E-state index contributed by atoms with van der Waals surface area (Å²) in [5.41, 5.74) is 1.91. The number of carbonyl (C=O) groups excluding carboxylic acids is 1. The van der Waals surface area contributed by atoms with Crippen molar-refractivity contribution in [2.75, 3.05) is 13.1 Å². The van der Waals surface area contributed by atoms with Gasteiger partial charge < -0.3 is 9.73 Å². The van der Waals surface area contributed by atoms with Crippen molar-refractivity contribution >= 4 is 16.8 Å². The Morgan fingerprint density at radius 1 is 1.47 bits per heavy atom. The second-order valence-corrected chi connectivity index (χ2v) is 3.99. The van der Waals surface area contributed by atoms with Crippen LogP contribution in [0.15, 0.2) is 41.3 Å². The summed E-state index contributed by atoms with van der Waals surface area (Å²) in [5.74, 6) is 0.364. The predicted molar refractivity (Wildman–Crippen MR) is 68.3 cm³/mol. The largest absolute Gasteiger partial charge is 0.453 e. The first kappa shape index (κ1) is 11.6. The lowest BCUT2D eigenvalue weighted by Gasteiger charge is -1.97. The van der Waals surface area contributed by atoms with E-state index < -0.39 is 0 Å². The molecule has 0 aliphatic heterocycles. The molecule has 0 bridgehead atoms. The van der Waals surface area contributed by atoms with Crippen LogP contribution in [-0.4, -0.2) is 18.9 Å². The van der Waals surface area contributed by atoms with Crippen molar-refractivity contribution in [2.24, 2.45) is 0 Å². The number of carbonyl (C=O) groups is 1. The molecule has 17 heavy (non-hydrogen) atoms. The lowest BCUT2D eigenvalue weighted by molar-refractivity contribution is 0.0968. The van der Waals surface area contributed by atoms with Gasteiger partial charge in [-0.05, 0) is 25.1 Å². The maximum absolute atomic E-state index is 11.8. The van der Waals surface area contributed by atoms with Crippen molar-refractivity contribution < 1.29 is 9.21 Å². The first-order valence-corrected chi connectivity index (χ1v) is 5.55. The highest BCUT2D eigenvalue weighted by Gasteiger charge is 2.11. The van der Waals surface area contributed by atoms with E-state index in [0.29, 0.717) is 12.3 Å². The molecular weight excluding hydrogens is 214 g/mol. The average molecular weight is 229 g/mol. The molecule has 0 amide bonds. The van der Waals surface area contributed by atoms with E-state index in [4.69, 9.17) is 4.42 Å². The van der Waals surface area contributed by atoms with Crippen molar-refractivity contribution in [2.45, 2.75) is 6.92 Å². The zero-order valence-electron chi connectivity index (χ0n) is 9.82. The molecule has 0 unspecified atom stereocenters. The molecule has 0 saturated carbocycles. The Labute approximate surface area is 100 Å². The summed E-state index contributed by atoms with van der Waals surface area (Å²) in [7, 11) is 0. The summed E-state index contributed by atoms with van der Waals surface area (Å²) >= 11 is 0. The Morgan fingerprint density at radius 2 is 2.29 bits per heavy atom. The molecule has 3 nitrogen and oxygen atoms in total. The van der Waals surface area contributed by atoms with Gasteiger partial charge in [0.1, 0.15) is 5.58 Å². The normalized spacial score (nSPS) is 10.6. The molecule has 0 fully saturated rings. The molecule has 1 aromatic carbocycles. The number of rotatable bonds is 5. The van der Waals surface area contributed by atoms with Crippen LogP contribution in [0.25, 0.3) is 11.0 Å². The molecule has 0 atom stereocenters. The fourth-order valence-electron chi connectivity index (χ4n) is 1.68. The fourth-order valence-corrected chi connectivity index (χ4v) is 1.68. The van der Waals surface area contributed by atoms with Crippen molar-refractivity contribution in [1.82, 2.24) is 5.32 Å². The molecule has 1 aromatic heterocycles. The summed E-state index contributed by atoms with van der Waals surface area (Å²) < 4.78 is 5.50. The van der Waals surface area contributed by atoms with Crippen LogP contribution in [-0.2, 0) is 0 Å². The van der Waals surface area contributed by atoms with Gasteiger partial charge >= 0.3 is 0 Å². The highest BCUT2D eigenvalue weighted by atomic mass is 16.3. The van der Waals surface area contributed by atoms with Crippen LogP contribution in [0.3, 0.4) is 0 Å². The summed E-state index contributed by atoms with van der Waals surface area (Å²) in [6.45, 7) is 6.48. The summed E-state index contributed by atoms with van der Waals surface area (Å²) in [6.07, 6.45) is 1.72. The van der Waals surface area contributed by atoms with Crippen LogP contribution >= 0.6 is 0 Å². The fraction of sp³-hybridized carbons (Fsp3) is 0.214. The van der Waals surface area contributed by atoms with Gasteiger partial charge in [0, 0.05) is 11.9 Å². The number of benzene rings is 1. The Balaban J connectivity index is 2.18. The quantitative estimate of drug-likeness (QED) is 0.487. The van der Waals surface area contributed by atoms with Gasteiger partial charge in [0.15, 0.2) is 5.76 Å². The number of hydrogen-bond acceptors (Lipinski definition) is 3. The monoisotopic (exact) mass is 229 g/mol. The maximum atomic E-state index is 11.8. The van der Waals surface area contributed by atoms with Gasteiger partial charge in [-0.15, -0.1) is 6.58 Å². The molecule has 3 heteroatoms. The summed E-state index contributed by atoms with van der Waals surface area (Å²) in [5, 5.41) is 3.93. The molecule has 88 valence electrons. The molecule has 1 N–H and O–H groups in total. The number of nitrogens with one attached hydrogen (secondary N) is 1. The summed E-state index contributed by atoms with van der Waals surface area (Å²) in [4.78, 5) is 11.8. The molecule has 0 radical (unpaired) electrons. The average Bonchev–Trinajstić information content (AvgIpc) is 2.72. The van der Waals surface area contributed by atoms with Gasteiger partial charge in [-0.3, -0.25) is 4.79 Å². The van der Waals surface area contributed by atoms with Crippen molar-refractivity contribution in [3.05, 3.63) is 48.2 Å². The van der Waals surface area contributed by atoms with E-state index in [0.717, 1.165) is 16.5 Å². The van der Waals surface area contributed by atoms with E-state index in [9.17, 15) is 4.79 Å². The van der Waals surface area contributed by atoms with Crippen molar-refractivity contribution in [1.29, 1.82) is 0 Å². The van der Waals surface area contributed by atoms with E-state index >= 15 is 0 Å². The van der Waals surface area contributed by atoms with Gasteiger partial charge in [0.2, 0.25) is 5.78 Å². The maximum Gasteiger partial charge on any atom is 0.211 e. The third-order valence-corrected chi connectivity index (χ3v) is 2.52. The Bertz CT molecular complexity index is 554. The first-order valence-electron chi connectivity index (χ1n) is 5.55. The topological polar surface area (TPSA) is 42.2 Å². The smallest absolute Gasteiger partial charge is 0.211 e. The number of Topliss-reactive ketones (excluding diaryl/α,β-unsaturated/α-hetero) is 1. The number of hydrogen-bond donors (Lipinski definition) is 1. The van der Waals surface area contributed by atoms with Gasteiger partial charge in [0.05, 0.1) is 6.54 Å². The molecule has 2 aromatic rings. The Morgan fingerprint density at radius 3 is 3.06 bits per heavy atom. The van der Waals surface area contributed by atoms with Gasteiger partial charge in [-0.25, -0.2) is 0 Å². The minimum absolute atomic E-state index is 0.0410. The van der Waals surface area contributed by atoms with E-state index in [1.807, 2.05) is 25.1 Å². The van der Waals surface area contributed by atoms with E-state index in [1.54, 1.807) is 12.1 Å². The minimum atomic E-state index is -0.0410. The molecule has 2 rings (SSSR count). The standard InChI is InChI=1S/C14H15NO2/c1-3-6-15-9-12(16)14-8-11-7-10(2)4-5-13(11)17-14/h3-5,7-8,15H,1,6,9H2,2H3. The second-order valence-electron chi connectivity index (χ2n) is 3.99. The van der Waals surface area contributed by atoms with Crippen LogP contribution in [0.1, 0.15) is 16.1 Å². The van der Waals surface area contributed by atoms with Crippen LogP contribution in [0.4, 0.5) is 0 Å². The SMILES string of the molecule is C=CCNCC(=O)c1cc2cc(C)ccc2o1. The van der Waals surface area contributed by atoms with Gasteiger partial charge in [0.25, 0.3) is 0 Å². The van der Waals surface area contributed by atoms with Crippen molar-refractivity contribution in [3.8, 4) is 0 Å². The number of furan rings is 1. The van der Waals surface area contributed by atoms with Crippen LogP contribution < -0.4 is 5.32 Å². The zero-order valence-corrected chi connectivity index (χ0v) is 9.82. The van der Waals surface area contributed by atoms with E-state index in [-0.39, 0.29) is 12.3 Å². The third-order valence-electron chi connectivity index (χ3n) is 2.52. The lowest BCUT2D eigenvalue weighted by atomic mass is 10.2. The minimum Gasteiger partial charge on any atom is -0.453 e. The third kappa shape index (κ3) is 2.63. The number of fused-ring (bicyclic) bond motifs is 1.